The Balaban J connectivity index is 1.63. The molecule has 0 radical (unpaired) electrons. The molecule has 6 nitrogen and oxygen atoms in total. The molecule has 1 unspecified atom stereocenters. The second-order valence-corrected chi connectivity index (χ2v) is 7.86. The lowest BCUT2D eigenvalue weighted by molar-refractivity contribution is 0.0279. The average Bonchev–Trinajstić information content (AvgIpc) is 3.11. The first kappa shape index (κ1) is 18.3. The summed E-state index contributed by atoms with van der Waals surface area (Å²) in [4.78, 5) is 4.43. The Morgan fingerprint density at radius 1 is 1.11 bits per heavy atom. The van der Waals surface area contributed by atoms with Crippen molar-refractivity contribution >= 4 is 28.7 Å². The molecule has 4 rings (SSSR count). The number of hydrogen-bond donors (Lipinski definition) is 0. The largest absolute Gasteiger partial charge is 0.442 e. The van der Waals surface area contributed by atoms with E-state index >= 15 is 0 Å². The Morgan fingerprint density at radius 3 is 2.63 bits per heavy atom. The van der Waals surface area contributed by atoms with Gasteiger partial charge in [-0.1, -0.05) is 16.9 Å². The summed E-state index contributed by atoms with van der Waals surface area (Å²) in [6, 6.07) is 9.98. The molecule has 2 aromatic heterocycles. The van der Waals surface area contributed by atoms with Gasteiger partial charge in [-0.05, 0) is 50.6 Å². The zero-order chi connectivity index (χ0) is 18.9. The molecule has 0 amide bonds. The minimum Gasteiger partial charge on any atom is -0.442 e. The maximum absolute atomic E-state index is 6.40. The first-order chi connectivity index (χ1) is 13.1. The number of aryl methyl sites for hydroxylation is 1. The summed E-state index contributed by atoms with van der Waals surface area (Å²) in [5, 5.41) is 9.48. The molecule has 142 valence electrons. The van der Waals surface area contributed by atoms with E-state index in [1.54, 1.807) is 0 Å². The molecule has 1 fully saturated rings. The Morgan fingerprint density at radius 2 is 1.93 bits per heavy atom. The van der Waals surface area contributed by atoms with Gasteiger partial charge in [0.05, 0.1) is 18.8 Å². The standard InChI is InChI=1S/C20H25N4O2S/c1-14-7-10-19(23-22-14)24(11-5-4-6-12-24)15(2)25-16-8-9-17-18(13-16)26-20(21-17)27-3/h7-10,13,15H,4-6,11-12H2,1-3H3/q+1. The van der Waals surface area contributed by atoms with E-state index in [1.165, 1.54) is 31.0 Å². The van der Waals surface area contributed by atoms with Crippen LogP contribution in [0.5, 0.6) is 5.75 Å². The molecule has 1 aliphatic rings. The molecule has 1 aromatic carbocycles. The van der Waals surface area contributed by atoms with Crippen molar-refractivity contribution in [2.75, 3.05) is 19.3 Å². The van der Waals surface area contributed by atoms with E-state index in [4.69, 9.17) is 9.15 Å². The van der Waals surface area contributed by atoms with Crippen LogP contribution < -0.4 is 9.22 Å². The fourth-order valence-electron chi connectivity index (χ4n) is 3.83. The monoisotopic (exact) mass is 385 g/mol. The predicted octanol–water partition coefficient (Wildman–Crippen LogP) is 4.56. The Bertz CT molecular complexity index is 919. The van der Waals surface area contributed by atoms with Crippen LogP contribution >= 0.6 is 11.8 Å². The highest BCUT2D eigenvalue weighted by Gasteiger charge is 2.41. The molecular weight excluding hydrogens is 360 g/mol. The molecule has 0 aliphatic carbocycles. The number of nitrogens with zero attached hydrogens (tertiary/aromatic N) is 4. The molecule has 1 saturated heterocycles. The molecule has 1 atom stereocenters. The third-order valence-corrected chi connectivity index (χ3v) is 5.90. The highest BCUT2D eigenvalue weighted by atomic mass is 32.2. The number of benzene rings is 1. The van der Waals surface area contributed by atoms with Crippen molar-refractivity contribution in [1.82, 2.24) is 19.7 Å². The molecule has 3 aromatic rings. The summed E-state index contributed by atoms with van der Waals surface area (Å²) >= 11 is 1.50. The van der Waals surface area contributed by atoms with Crippen molar-refractivity contribution in [3.8, 4) is 5.75 Å². The van der Waals surface area contributed by atoms with Crippen molar-refractivity contribution in [2.45, 2.75) is 44.6 Å². The second-order valence-electron chi connectivity index (χ2n) is 7.11. The number of hydrogen-bond acceptors (Lipinski definition) is 6. The summed E-state index contributed by atoms with van der Waals surface area (Å²) in [6.07, 6.45) is 5.48. The van der Waals surface area contributed by atoms with Crippen molar-refractivity contribution in [3.63, 3.8) is 0 Å². The van der Waals surface area contributed by atoms with Gasteiger partial charge in [0.2, 0.25) is 12.0 Å². The lowest BCUT2D eigenvalue weighted by Crippen LogP contribution is -2.61. The fraction of sp³-hybridized carbons (Fsp3) is 0.450. The quantitative estimate of drug-likeness (QED) is 0.474. The third-order valence-electron chi connectivity index (χ3n) is 5.37. The molecule has 0 bridgehead atoms. The van der Waals surface area contributed by atoms with E-state index in [0.29, 0.717) is 9.71 Å². The number of ether oxygens (including phenoxy) is 1. The molecule has 27 heavy (non-hydrogen) atoms. The van der Waals surface area contributed by atoms with Crippen LogP contribution in [0, 0.1) is 6.92 Å². The number of oxazole rings is 1. The number of rotatable bonds is 5. The highest BCUT2D eigenvalue weighted by molar-refractivity contribution is 7.98. The molecular formula is C20H25N4O2S+. The minimum absolute atomic E-state index is 0.0669. The Hall–Kier alpha value is -2.12. The van der Waals surface area contributed by atoms with Gasteiger partial charge in [-0.3, -0.25) is 0 Å². The van der Waals surface area contributed by atoms with E-state index in [9.17, 15) is 0 Å². The van der Waals surface area contributed by atoms with E-state index in [2.05, 4.69) is 28.2 Å². The molecule has 0 saturated carbocycles. The van der Waals surface area contributed by atoms with Gasteiger partial charge < -0.3 is 9.15 Å². The molecule has 1 aliphatic heterocycles. The first-order valence-corrected chi connectivity index (χ1v) is 10.6. The number of piperidine rings is 1. The van der Waals surface area contributed by atoms with E-state index in [1.807, 2.05) is 37.4 Å². The summed E-state index contributed by atoms with van der Waals surface area (Å²) < 4.78 is 12.9. The van der Waals surface area contributed by atoms with Crippen LogP contribution in [0.25, 0.3) is 11.1 Å². The predicted molar refractivity (Wildman–Crippen MR) is 108 cm³/mol. The van der Waals surface area contributed by atoms with Gasteiger partial charge in [-0.15, -0.1) is 0 Å². The number of quaternary nitrogens is 1. The molecule has 0 spiro atoms. The number of aromatic nitrogens is 3. The smallest absolute Gasteiger partial charge is 0.256 e. The van der Waals surface area contributed by atoms with Gasteiger partial charge in [-0.2, -0.15) is 5.10 Å². The van der Waals surface area contributed by atoms with E-state index in [-0.39, 0.29) is 6.23 Å². The Labute approximate surface area is 163 Å². The number of fused-ring (bicyclic) bond motifs is 1. The van der Waals surface area contributed by atoms with Crippen molar-refractivity contribution in [1.29, 1.82) is 0 Å². The number of likely N-dealkylation sites (tertiary alicyclic amines) is 1. The van der Waals surface area contributed by atoms with Gasteiger partial charge in [0.25, 0.3) is 5.22 Å². The topological polar surface area (TPSA) is 61.0 Å². The van der Waals surface area contributed by atoms with E-state index in [0.717, 1.165) is 41.5 Å². The third kappa shape index (κ3) is 3.53. The molecule has 3 heterocycles. The van der Waals surface area contributed by atoms with Gasteiger partial charge in [0.1, 0.15) is 11.3 Å². The Kier molecular flexibility index (Phi) is 5.06. The van der Waals surface area contributed by atoms with Gasteiger partial charge in [0.15, 0.2) is 5.58 Å². The van der Waals surface area contributed by atoms with Crippen LogP contribution in [-0.4, -0.2) is 40.8 Å². The second kappa shape index (κ2) is 7.48. The van der Waals surface area contributed by atoms with Gasteiger partial charge >= 0.3 is 0 Å². The van der Waals surface area contributed by atoms with Crippen LogP contribution in [0.3, 0.4) is 0 Å². The van der Waals surface area contributed by atoms with Crippen LogP contribution in [0.1, 0.15) is 31.9 Å². The van der Waals surface area contributed by atoms with Crippen molar-refractivity contribution in [3.05, 3.63) is 36.0 Å². The zero-order valence-corrected chi connectivity index (χ0v) is 16.8. The van der Waals surface area contributed by atoms with Gasteiger partial charge in [0, 0.05) is 19.1 Å². The summed E-state index contributed by atoms with van der Waals surface area (Å²) in [5.41, 5.74) is 2.54. The molecule has 0 N–H and O–H groups in total. The lowest BCUT2D eigenvalue weighted by atomic mass is 10.1. The highest BCUT2D eigenvalue weighted by Crippen LogP contribution is 2.32. The normalized spacial score (nSPS) is 17.7. The maximum Gasteiger partial charge on any atom is 0.256 e. The van der Waals surface area contributed by atoms with Crippen LogP contribution in [-0.2, 0) is 0 Å². The number of thioether (sulfide) groups is 1. The summed E-state index contributed by atoms with van der Waals surface area (Å²) in [7, 11) is 0. The average molecular weight is 386 g/mol. The van der Waals surface area contributed by atoms with Crippen LogP contribution in [0.15, 0.2) is 40.0 Å². The summed E-state index contributed by atoms with van der Waals surface area (Å²) in [5.74, 6) is 1.78. The van der Waals surface area contributed by atoms with Crippen LogP contribution in [0.2, 0.25) is 0 Å². The van der Waals surface area contributed by atoms with Crippen molar-refractivity contribution < 1.29 is 9.15 Å². The fourth-order valence-corrected chi connectivity index (χ4v) is 4.19. The lowest BCUT2D eigenvalue weighted by Gasteiger charge is -2.43. The van der Waals surface area contributed by atoms with E-state index < -0.39 is 0 Å². The zero-order valence-electron chi connectivity index (χ0n) is 16.0. The van der Waals surface area contributed by atoms with Crippen molar-refractivity contribution in [2.24, 2.45) is 0 Å². The first-order valence-electron chi connectivity index (χ1n) is 9.40. The summed E-state index contributed by atoms with van der Waals surface area (Å²) in [6.45, 7) is 6.12. The van der Waals surface area contributed by atoms with Gasteiger partial charge in [-0.25, -0.2) is 9.47 Å². The SMILES string of the molecule is CSc1nc2ccc(OC(C)[N+]3(c4ccc(C)nn4)CCCCC3)cc2o1. The van der Waals surface area contributed by atoms with Crippen LogP contribution in [0.4, 0.5) is 5.82 Å². The minimum atomic E-state index is -0.0669. The maximum atomic E-state index is 6.40. The molecule has 7 heteroatoms.